The van der Waals surface area contributed by atoms with Crippen LogP contribution in [-0.4, -0.2) is 29.3 Å². The van der Waals surface area contributed by atoms with Gasteiger partial charge in [0.1, 0.15) is 0 Å². The van der Waals surface area contributed by atoms with Crippen molar-refractivity contribution in [2.24, 2.45) is 0 Å². The maximum atomic E-state index is 10.6. The second kappa shape index (κ2) is 5.50. The Morgan fingerprint density at radius 2 is 2.27 bits per heavy atom. The molecule has 1 N–H and O–H groups in total. The zero-order chi connectivity index (χ0) is 11.3. The highest BCUT2D eigenvalue weighted by molar-refractivity contribution is 5.85. The molecule has 0 aliphatic carbocycles. The Hall–Kier alpha value is -1.36. The maximum absolute atomic E-state index is 10.6. The molecule has 0 aliphatic heterocycles. The van der Waals surface area contributed by atoms with Crippen molar-refractivity contribution < 1.29 is 19.1 Å². The summed E-state index contributed by atoms with van der Waals surface area (Å²) in [5.41, 5.74) is 0.410. The Morgan fingerprint density at radius 1 is 1.53 bits per heavy atom. The lowest BCUT2D eigenvalue weighted by Gasteiger charge is -1.98. The minimum Gasteiger partial charge on any atom is -0.475 e. The Kier molecular flexibility index (Phi) is 4.30. The van der Waals surface area contributed by atoms with Crippen molar-refractivity contribution in [2.75, 3.05) is 13.2 Å². The first-order valence-electron chi connectivity index (χ1n) is 4.92. The van der Waals surface area contributed by atoms with Gasteiger partial charge in [0.2, 0.25) is 5.76 Å². The number of ether oxygens (including phenoxy) is 1. The van der Waals surface area contributed by atoms with Gasteiger partial charge in [-0.3, -0.25) is 0 Å². The third-order valence-corrected chi connectivity index (χ3v) is 1.84. The minimum atomic E-state index is -1.08. The second-order valence-corrected chi connectivity index (χ2v) is 3.19. The average molecular weight is 213 g/mol. The van der Waals surface area contributed by atoms with Crippen LogP contribution < -0.4 is 0 Å². The van der Waals surface area contributed by atoms with Crippen LogP contribution in [0.15, 0.2) is 4.42 Å². The van der Waals surface area contributed by atoms with E-state index < -0.39 is 5.97 Å². The largest absolute Gasteiger partial charge is 0.475 e. The first-order chi connectivity index (χ1) is 7.15. The number of carboxylic acids is 1. The van der Waals surface area contributed by atoms with Gasteiger partial charge in [-0.25, -0.2) is 9.78 Å². The van der Waals surface area contributed by atoms with Crippen LogP contribution in [0.25, 0.3) is 0 Å². The van der Waals surface area contributed by atoms with Gasteiger partial charge in [-0.2, -0.15) is 0 Å². The van der Waals surface area contributed by atoms with E-state index in [0.717, 1.165) is 6.42 Å². The van der Waals surface area contributed by atoms with Gasteiger partial charge in [0.05, 0.1) is 12.3 Å². The monoisotopic (exact) mass is 213 g/mol. The molecule has 0 atom stereocenters. The van der Waals surface area contributed by atoms with Crippen LogP contribution in [-0.2, 0) is 11.2 Å². The fourth-order valence-corrected chi connectivity index (χ4v) is 1.16. The van der Waals surface area contributed by atoms with Crippen LogP contribution in [0.4, 0.5) is 0 Å². The van der Waals surface area contributed by atoms with Crippen molar-refractivity contribution in [3.63, 3.8) is 0 Å². The molecule has 0 saturated heterocycles. The topological polar surface area (TPSA) is 72.6 Å². The van der Waals surface area contributed by atoms with E-state index in [0.29, 0.717) is 31.2 Å². The normalized spacial score (nSPS) is 10.5. The molecule has 0 aliphatic rings. The van der Waals surface area contributed by atoms with Gasteiger partial charge in [0.15, 0.2) is 5.89 Å². The highest BCUT2D eigenvalue weighted by Gasteiger charge is 2.15. The number of aromatic nitrogens is 1. The Balaban J connectivity index is 2.48. The number of aryl methyl sites for hydroxylation is 1. The molecule has 84 valence electrons. The summed E-state index contributed by atoms with van der Waals surface area (Å²) < 4.78 is 10.3. The lowest BCUT2D eigenvalue weighted by molar-refractivity contribution is 0.0657. The third-order valence-electron chi connectivity index (χ3n) is 1.84. The summed E-state index contributed by atoms with van der Waals surface area (Å²) >= 11 is 0. The van der Waals surface area contributed by atoms with Crippen LogP contribution in [0.5, 0.6) is 0 Å². The van der Waals surface area contributed by atoms with Crippen LogP contribution in [0, 0.1) is 6.92 Å². The van der Waals surface area contributed by atoms with E-state index in [1.807, 2.05) is 6.92 Å². The predicted molar refractivity (Wildman–Crippen MR) is 53.0 cm³/mol. The molecule has 0 amide bonds. The number of hydrogen-bond acceptors (Lipinski definition) is 4. The first-order valence-corrected chi connectivity index (χ1v) is 4.92. The minimum absolute atomic E-state index is 0.0829. The third kappa shape index (κ3) is 3.36. The number of carboxylic acid groups (broad SMARTS) is 1. The first kappa shape index (κ1) is 11.7. The Morgan fingerprint density at radius 3 is 2.80 bits per heavy atom. The molecular weight excluding hydrogens is 198 g/mol. The number of carbonyl (C=O) groups is 1. The molecule has 0 saturated carbocycles. The van der Waals surface area contributed by atoms with E-state index in [1.54, 1.807) is 6.92 Å². The molecule has 0 aromatic carbocycles. The van der Waals surface area contributed by atoms with E-state index in [1.165, 1.54) is 0 Å². The molecule has 0 fully saturated rings. The summed E-state index contributed by atoms with van der Waals surface area (Å²) in [6, 6.07) is 0. The molecular formula is C10H15NO4. The molecule has 1 heterocycles. The molecule has 5 nitrogen and oxygen atoms in total. The zero-order valence-corrected chi connectivity index (χ0v) is 8.95. The van der Waals surface area contributed by atoms with Gasteiger partial charge < -0.3 is 14.3 Å². The average Bonchev–Trinajstić information content (AvgIpc) is 2.55. The zero-order valence-electron chi connectivity index (χ0n) is 8.95. The fourth-order valence-electron chi connectivity index (χ4n) is 1.16. The molecule has 0 spiro atoms. The molecule has 5 heteroatoms. The number of nitrogens with zero attached hydrogens (tertiary/aromatic N) is 1. The number of aromatic carboxylic acids is 1. The molecule has 0 unspecified atom stereocenters. The van der Waals surface area contributed by atoms with Crippen LogP contribution in [0.3, 0.4) is 0 Å². The van der Waals surface area contributed by atoms with E-state index in [9.17, 15) is 4.79 Å². The van der Waals surface area contributed by atoms with Crippen molar-refractivity contribution in [1.82, 2.24) is 4.98 Å². The summed E-state index contributed by atoms with van der Waals surface area (Å²) in [4.78, 5) is 14.6. The summed E-state index contributed by atoms with van der Waals surface area (Å²) in [7, 11) is 0. The van der Waals surface area contributed by atoms with E-state index in [4.69, 9.17) is 14.3 Å². The summed E-state index contributed by atoms with van der Waals surface area (Å²) in [5, 5.41) is 8.72. The lowest BCUT2D eigenvalue weighted by atomic mass is 10.4. The van der Waals surface area contributed by atoms with Gasteiger partial charge in [-0.05, 0) is 13.3 Å². The molecule has 1 rings (SSSR count). The SMILES string of the molecule is CCCOCCc1nc(C)c(C(=O)O)o1. The van der Waals surface area contributed by atoms with E-state index in [2.05, 4.69) is 4.98 Å². The van der Waals surface area contributed by atoms with Crippen molar-refractivity contribution in [1.29, 1.82) is 0 Å². The van der Waals surface area contributed by atoms with Crippen LogP contribution in [0.1, 0.15) is 35.5 Å². The van der Waals surface area contributed by atoms with Gasteiger partial charge in [-0.1, -0.05) is 6.92 Å². The summed E-state index contributed by atoms with van der Waals surface area (Å²) in [6.45, 7) is 4.85. The van der Waals surface area contributed by atoms with Crippen molar-refractivity contribution >= 4 is 5.97 Å². The Bertz CT molecular complexity index is 332. The van der Waals surface area contributed by atoms with Crippen molar-refractivity contribution in [3.8, 4) is 0 Å². The molecule has 0 bridgehead atoms. The van der Waals surface area contributed by atoms with Crippen molar-refractivity contribution in [3.05, 3.63) is 17.3 Å². The van der Waals surface area contributed by atoms with Crippen LogP contribution in [0.2, 0.25) is 0 Å². The highest BCUT2D eigenvalue weighted by atomic mass is 16.5. The van der Waals surface area contributed by atoms with Gasteiger partial charge >= 0.3 is 5.97 Å². The quantitative estimate of drug-likeness (QED) is 0.727. The second-order valence-electron chi connectivity index (χ2n) is 3.19. The van der Waals surface area contributed by atoms with Crippen LogP contribution >= 0.6 is 0 Å². The van der Waals surface area contributed by atoms with Gasteiger partial charge in [-0.15, -0.1) is 0 Å². The smallest absolute Gasteiger partial charge is 0.373 e. The number of hydrogen-bond donors (Lipinski definition) is 1. The molecule has 15 heavy (non-hydrogen) atoms. The summed E-state index contributed by atoms with van der Waals surface area (Å²) in [6.07, 6.45) is 1.47. The van der Waals surface area contributed by atoms with Gasteiger partial charge in [0, 0.05) is 13.0 Å². The standard InChI is InChI=1S/C10H15NO4/c1-3-5-14-6-4-8-11-7(2)9(15-8)10(12)13/h3-6H2,1-2H3,(H,12,13). The maximum Gasteiger partial charge on any atom is 0.373 e. The Labute approximate surface area is 88.1 Å². The number of rotatable bonds is 6. The number of oxazole rings is 1. The summed E-state index contributed by atoms with van der Waals surface area (Å²) in [5.74, 6) is -0.748. The van der Waals surface area contributed by atoms with E-state index in [-0.39, 0.29) is 5.76 Å². The van der Waals surface area contributed by atoms with Gasteiger partial charge in [0.25, 0.3) is 0 Å². The van der Waals surface area contributed by atoms with E-state index >= 15 is 0 Å². The lowest BCUT2D eigenvalue weighted by Crippen LogP contribution is -1.99. The fraction of sp³-hybridized carbons (Fsp3) is 0.600. The molecule has 0 radical (unpaired) electrons. The van der Waals surface area contributed by atoms with Crippen molar-refractivity contribution in [2.45, 2.75) is 26.7 Å². The molecule has 1 aromatic heterocycles. The predicted octanol–water partition coefficient (Wildman–Crippen LogP) is 1.65. The highest BCUT2D eigenvalue weighted by Crippen LogP contribution is 2.10. The molecule has 1 aromatic rings.